The van der Waals surface area contributed by atoms with Crippen LogP contribution in [0.3, 0.4) is 0 Å². The zero-order chi connectivity index (χ0) is 20.9. The van der Waals surface area contributed by atoms with Crippen LogP contribution < -0.4 is 10.1 Å². The number of benzene rings is 3. The summed E-state index contributed by atoms with van der Waals surface area (Å²) in [6.45, 7) is 2.64. The highest BCUT2D eigenvalue weighted by molar-refractivity contribution is 6.01. The summed E-state index contributed by atoms with van der Waals surface area (Å²) in [4.78, 5) is 23.5. The van der Waals surface area contributed by atoms with Crippen LogP contribution in [0.5, 0.6) is 5.75 Å². The lowest BCUT2D eigenvalue weighted by atomic mass is 9.94. The highest BCUT2D eigenvalue weighted by Gasteiger charge is 2.29. The lowest BCUT2D eigenvalue weighted by Crippen LogP contribution is -2.22. The van der Waals surface area contributed by atoms with Crippen molar-refractivity contribution in [2.75, 3.05) is 6.54 Å². The molecule has 152 valence electrons. The van der Waals surface area contributed by atoms with Crippen molar-refractivity contribution < 1.29 is 14.3 Å². The minimum absolute atomic E-state index is 0.0390. The molecule has 4 nitrogen and oxygen atoms in total. The zero-order valence-electron chi connectivity index (χ0n) is 17.1. The van der Waals surface area contributed by atoms with Gasteiger partial charge in [-0.1, -0.05) is 60.7 Å². The first-order valence-corrected chi connectivity index (χ1v) is 10.3. The number of hydrogen-bond donors (Lipinski definition) is 1. The van der Waals surface area contributed by atoms with Gasteiger partial charge in [-0.3, -0.25) is 9.59 Å². The first-order chi connectivity index (χ1) is 14.6. The van der Waals surface area contributed by atoms with Crippen LogP contribution in [0.15, 0.2) is 72.8 Å². The van der Waals surface area contributed by atoms with E-state index in [4.69, 9.17) is 4.74 Å². The Morgan fingerprint density at radius 3 is 2.47 bits per heavy atom. The molecule has 1 aliphatic carbocycles. The Balaban J connectivity index is 1.46. The minimum Gasteiger partial charge on any atom is -0.489 e. The van der Waals surface area contributed by atoms with E-state index in [1.54, 1.807) is 0 Å². The van der Waals surface area contributed by atoms with Crippen molar-refractivity contribution in [3.63, 3.8) is 0 Å². The van der Waals surface area contributed by atoms with Crippen molar-refractivity contribution in [1.82, 2.24) is 5.32 Å². The summed E-state index contributed by atoms with van der Waals surface area (Å²) in [7, 11) is 0. The molecule has 1 unspecified atom stereocenters. The molecule has 0 bridgehead atoms. The van der Waals surface area contributed by atoms with Crippen LogP contribution in [0.2, 0.25) is 0 Å². The fourth-order valence-corrected chi connectivity index (χ4v) is 3.94. The quantitative estimate of drug-likeness (QED) is 0.599. The van der Waals surface area contributed by atoms with Gasteiger partial charge in [0, 0.05) is 25.5 Å². The summed E-state index contributed by atoms with van der Waals surface area (Å²) in [5.41, 5.74) is 5.21. The molecule has 3 aromatic carbocycles. The molecule has 1 N–H and O–H groups in total. The van der Waals surface area contributed by atoms with E-state index in [-0.39, 0.29) is 17.6 Å². The number of ketones is 1. The van der Waals surface area contributed by atoms with E-state index in [1.165, 1.54) is 6.92 Å². The Bertz CT molecular complexity index is 1040. The third-order valence-electron chi connectivity index (χ3n) is 5.53. The molecule has 0 saturated carbocycles. The highest BCUT2D eigenvalue weighted by Crippen LogP contribution is 2.38. The molecule has 0 spiro atoms. The highest BCUT2D eigenvalue weighted by atomic mass is 16.5. The van der Waals surface area contributed by atoms with Gasteiger partial charge in [-0.2, -0.15) is 0 Å². The van der Waals surface area contributed by atoms with E-state index >= 15 is 0 Å². The van der Waals surface area contributed by atoms with Crippen molar-refractivity contribution >= 4 is 11.7 Å². The van der Waals surface area contributed by atoms with Gasteiger partial charge in [0.05, 0.1) is 0 Å². The molecule has 30 heavy (non-hydrogen) atoms. The van der Waals surface area contributed by atoms with Crippen molar-refractivity contribution in [1.29, 1.82) is 0 Å². The minimum atomic E-state index is -0.0390. The predicted octanol–water partition coefficient (Wildman–Crippen LogP) is 5.13. The fourth-order valence-electron chi connectivity index (χ4n) is 3.94. The van der Waals surface area contributed by atoms with Gasteiger partial charge >= 0.3 is 0 Å². The van der Waals surface area contributed by atoms with Gasteiger partial charge in [0.25, 0.3) is 0 Å². The maximum Gasteiger partial charge on any atom is 0.216 e. The van der Waals surface area contributed by atoms with E-state index in [0.717, 1.165) is 40.0 Å². The van der Waals surface area contributed by atoms with Gasteiger partial charge in [-0.05, 0) is 46.7 Å². The number of rotatable bonds is 7. The SMILES string of the molecule is CC(=O)NCCC1CC(=O)c2ccc(-c3ccc(OCc4ccccc4)cc3)cc21. The zero-order valence-corrected chi connectivity index (χ0v) is 17.1. The molecule has 0 radical (unpaired) electrons. The Hall–Kier alpha value is -3.40. The summed E-state index contributed by atoms with van der Waals surface area (Å²) in [6, 6.07) is 24.2. The van der Waals surface area contributed by atoms with Crippen LogP contribution in [0, 0.1) is 0 Å². The van der Waals surface area contributed by atoms with Gasteiger partial charge < -0.3 is 10.1 Å². The first kappa shape index (κ1) is 19.9. The summed E-state index contributed by atoms with van der Waals surface area (Å²) >= 11 is 0. The molecule has 4 heteroatoms. The van der Waals surface area contributed by atoms with E-state index < -0.39 is 0 Å². The first-order valence-electron chi connectivity index (χ1n) is 10.3. The average Bonchev–Trinajstić information content (AvgIpc) is 3.08. The number of carbonyl (C=O) groups excluding carboxylic acids is 2. The number of fused-ring (bicyclic) bond motifs is 1. The van der Waals surface area contributed by atoms with Gasteiger partial charge in [0.15, 0.2) is 5.78 Å². The largest absolute Gasteiger partial charge is 0.489 e. The molecular formula is C26H25NO3. The maximum atomic E-state index is 12.4. The topological polar surface area (TPSA) is 55.4 Å². The third kappa shape index (κ3) is 4.60. The number of Topliss-reactive ketones (excluding diaryl/α,β-unsaturated/α-hetero) is 1. The lowest BCUT2D eigenvalue weighted by Gasteiger charge is -2.13. The van der Waals surface area contributed by atoms with Crippen LogP contribution in [0.1, 0.15) is 47.2 Å². The Morgan fingerprint density at radius 1 is 1.00 bits per heavy atom. The number of carbonyl (C=O) groups is 2. The van der Waals surface area contributed by atoms with Crippen LogP contribution in [0.4, 0.5) is 0 Å². The number of ether oxygens (including phenoxy) is 1. The molecular weight excluding hydrogens is 374 g/mol. The smallest absolute Gasteiger partial charge is 0.216 e. The second-order valence-corrected chi connectivity index (χ2v) is 7.70. The van der Waals surface area contributed by atoms with Crippen LogP contribution in [0.25, 0.3) is 11.1 Å². The normalized spacial score (nSPS) is 15.0. The molecule has 3 aromatic rings. The predicted molar refractivity (Wildman–Crippen MR) is 118 cm³/mol. The fraction of sp³-hybridized carbons (Fsp3) is 0.231. The summed E-state index contributed by atoms with van der Waals surface area (Å²) in [5, 5.41) is 2.83. The molecule has 0 heterocycles. The standard InChI is InChI=1S/C26H25NO3/c1-18(28)27-14-13-22-16-26(29)24-12-9-21(15-25(22)24)20-7-10-23(11-8-20)30-17-19-5-3-2-4-6-19/h2-12,15,22H,13-14,16-17H2,1H3,(H,27,28). The van der Waals surface area contributed by atoms with Crippen LogP contribution in [-0.4, -0.2) is 18.2 Å². The van der Waals surface area contributed by atoms with E-state index in [1.807, 2.05) is 66.7 Å². The van der Waals surface area contributed by atoms with Crippen molar-refractivity contribution in [3.05, 3.63) is 89.5 Å². The molecule has 1 amide bonds. The van der Waals surface area contributed by atoms with E-state index in [2.05, 4.69) is 11.4 Å². The summed E-state index contributed by atoms with van der Waals surface area (Å²) < 4.78 is 5.87. The Kier molecular flexibility index (Phi) is 5.94. The Morgan fingerprint density at radius 2 is 1.73 bits per heavy atom. The molecule has 4 rings (SSSR count). The molecule has 0 fully saturated rings. The Labute approximate surface area is 176 Å². The third-order valence-corrected chi connectivity index (χ3v) is 5.53. The number of amides is 1. The molecule has 0 aliphatic heterocycles. The molecule has 0 aromatic heterocycles. The van der Waals surface area contributed by atoms with Crippen LogP contribution >= 0.6 is 0 Å². The molecule has 0 saturated heterocycles. The number of nitrogens with one attached hydrogen (secondary N) is 1. The molecule has 1 atom stereocenters. The van der Waals surface area contributed by atoms with Crippen LogP contribution in [-0.2, 0) is 11.4 Å². The van der Waals surface area contributed by atoms with Gasteiger partial charge in [0.1, 0.15) is 12.4 Å². The van der Waals surface area contributed by atoms with Crippen molar-refractivity contribution in [3.8, 4) is 16.9 Å². The lowest BCUT2D eigenvalue weighted by molar-refractivity contribution is -0.118. The van der Waals surface area contributed by atoms with Gasteiger partial charge in [-0.15, -0.1) is 0 Å². The summed E-state index contributed by atoms with van der Waals surface area (Å²) in [5.74, 6) is 1.14. The molecule has 1 aliphatic rings. The monoisotopic (exact) mass is 399 g/mol. The van der Waals surface area contributed by atoms with E-state index in [9.17, 15) is 9.59 Å². The van der Waals surface area contributed by atoms with Gasteiger partial charge in [0.2, 0.25) is 5.91 Å². The summed E-state index contributed by atoms with van der Waals surface area (Å²) in [6.07, 6.45) is 1.29. The average molecular weight is 399 g/mol. The van der Waals surface area contributed by atoms with E-state index in [0.29, 0.717) is 19.6 Å². The second kappa shape index (κ2) is 8.95. The maximum absolute atomic E-state index is 12.4. The second-order valence-electron chi connectivity index (χ2n) is 7.70. The number of hydrogen-bond acceptors (Lipinski definition) is 3. The van der Waals surface area contributed by atoms with Gasteiger partial charge in [-0.25, -0.2) is 0 Å². The van der Waals surface area contributed by atoms with Crippen molar-refractivity contribution in [2.45, 2.75) is 32.3 Å². The van der Waals surface area contributed by atoms with Crippen molar-refractivity contribution in [2.24, 2.45) is 0 Å².